The van der Waals surface area contributed by atoms with Crippen molar-refractivity contribution in [3.8, 4) is 0 Å². The third kappa shape index (κ3) is 3.79. The van der Waals surface area contributed by atoms with Crippen molar-refractivity contribution in [2.24, 2.45) is 5.92 Å². The van der Waals surface area contributed by atoms with Gasteiger partial charge in [0.05, 0.1) is 6.54 Å². The van der Waals surface area contributed by atoms with Crippen LogP contribution in [-0.2, 0) is 4.79 Å². The summed E-state index contributed by atoms with van der Waals surface area (Å²) < 4.78 is 13.7. The summed E-state index contributed by atoms with van der Waals surface area (Å²) >= 11 is 0. The van der Waals surface area contributed by atoms with Gasteiger partial charge in [0.2, 0.25) is 5.91 Å². The minimum Gasteiger partial charge on any atom is -0.338 e. The fourth-order valence-corrected chi connectivity index (χ4v) is 5.18. The number of rotatable bonds is 3. The van der Waals surface area contributed by atoms with Gasteiger partial charge in [-0.05, 0) is 49.3 Å². The van der Waals surface area contributed by atoms with Gasteiger partial charge in [-0.15, -0.1) is 0 Å². The van der Waals surface area contributed by atoms with Crippen LogP contribution in [0.25, 0.3) is 0 Å². The van der Waals surface area contributed by atoms with E-state index in [0.29, 0.717) is 18.5 Å². The van der Waals surface area contributed by atoms with Crippen molar-refractivity contribution in [1.82, 2.24) is 15.1 Å². The van der Waals surface area contributed by atoms with Crippen LogP contribution in [0, 0.1) is 11.7 Å². The number of benzene rings is 1. The summed E-state index contributed by atoms with van der Waals surface area (Å²) in [4.78, 5) is 17.6. The van der Waals surface area contributed by atoms with E-state index in [9.17, 15) is 9.18 Å². The zero-order valence-electron chi connectivity index (χ0n) is 15.5. The SMILES string of the molecule is O=C(CN1CCNCC1c1cccc(F)c1)N1CCCC2CCCCC21. The van der Waals surface area contributed by atoms with Crippen molar-refractivity contribution in [2.45, 2.75) is 50.6 Å². The number of halogens is 1. The molecular weight excluding hydrogens is 329 g/mol. The molecule has 0 radical (unpaired) electrons. The van der Waals surface area contributed by atoms with E-state index < -0.39 is 0 Å². The number of piperidine rings is 1. The van der Waals surface area contributed by atoms with Crippen LogP contribution in [0.1, 0.15) is 50.1 Å². The van der Waals surface area contributed by atoms with Crippen molar-refractivity contribution < 1.29 is 9.18 Å². The molecule has 1 aliphatic carbocycles. The molecule has 2 aliphatic heterocycles. The van der Waals surface area contributed by atoms with Crippen LogP contribution in [0.5, 0.6) is 0 Å². The summed E-state index contributed by atoms with van der Waals surface area (Å²) in [7, 11) is 0. The number of carbonyl (C=O) groups excluding carboxylic acids is 1. The predicted molar refractivity (Wildman–Crippen MR) is 100 cm³/mol. The second-order valence-corrected chi connectivity index (χ2v) is 8.09. The van der Waals surface area contributed by atoms with E-state index in [4.69, 9.17) is 0 Å². The van der Waals surface area contributed by atoms with E-state index in [1.54, 1.807) is 12.1 Å². The van der Waals surface area contributed by atoms with Crippen LogP contribution in [0.4, 0.5) is 4.39 Å². The molecule has 0 spiro atoms. The highest BCUT2D eigenvalue weighted by molar-refractivity contribution is 5.79. The maximum atomic E-state index is 13.7. The molecule has 0 bridgehead atoms. The molecule has 1 saturated carbocycles. The van der Waals surface area contributed by atoms with Gasteiger partial charge in [0.1, 0.15) is 5.82 Å². The molecule has 3 unspecified atom stereocenters. The third-order valence-electron chi connectivity index (χ3n) is 6.49. The first-order valence-corrected chi connectivity index (χ1v) is 10.2. The monoisotopic (exact) mass is 359 g/mol. The Morgan fingerprint density at radius 2 is 2.00 bits per heavy atom. The van der Waals surface area contributed by atoms with Crippen LogP contribution in [0.3, 0.4) is 0 Å². The van der Waals surface area contributed by atoms with E-state index in [1.807, 2.05) is 6.07 Å². The zero-order valence-corrected chi connectivity index (χ0v) is 15.5. The molecule has 142 valence electrons. The maximum Gasteiger partial charge on any atom is 0.237 e. The largest absolute Gasteiger partial charge is 0.338 e. The summed E-state index contributed by atoms with van der Waals surface area (Å²) in [5, 5.41) is 3.39. The van der Waals surface area contributed by atoms with Gasteiger partial charge in [0.25, 0.3) is 0 Å². The Morgan fingerprint density at radius 3 is 2.88 bits per heavy atom. The van der Waals surface area contributed by atoms with E-state index in [0.717, 1.165) is 38.2 Å². The number of carbonyl (C=O) groups is 1. The summed E-state index contributed by atoms with van der Waals surface area (Å²) in [6.07, 6.45) is 7.46. The third-order valence-corrected chi connectivity index (χ3v) is 6.49. The first-order chi connectivity index (χ1) is 12.7. The Labute approximate surface area is 155 Å². The standard InChI is InChI=1S/C21H30FN3O/c22-18-8-3-6-17(13-18)20-14-23-10-12-24(20)15-21(26)25-11-4-7-16-5-1-2-9-19(16)25/h3,6,8,13,16,19-20,23H,1-2,4-5,7,9-12,14-15H2. The lowest BCUT2D eigenvalue weighted by Crippen LogP contribution is -2.55. The van der Waals surface area contributed by atoms with Gasteiger partial charge in [0, 0.05) is 38.3 Å². The first kappa shape index (κ1) is 17.9. The Morgan fingerprint density at radius 1 is 1.15 bits per heavy atom. The van der Waals surface area contributed by atoms with Gasteiger partial charge in [0.15, 0.2) is 0 Å². The van der Waals surface area contributed by atoms with Crippen LogP contribution in [-0.4, -0.2) is 54.5 Å². The van der Waals surface area contributed by atoms with Crippen LogP contribution >= 0.6 is 0 Å². The molecule has 1 aromatic rings. The lowest BCUT2D eigenvalue weighted by molar-refractivity contribution is -0.139. The van der Waals surface area contributed by atoms with E-state index >= 15 is 0 Å². The number of likely N-dealkylation sites (tertiary alicyclic amines) is 1. The van der Waals surface area contributed by atoms with Gasteiger partial charge in [-0.3, -0.25) is 9.69 Å². The van der Waals surface area contributed by atoms with E-state index in [2.05, 4.69) is 15.1 Å². The van der Waals surface area contributed by atoms with Crippen molar-refractivity contribution in [3.05, 3.63) is 35.6 Å². The Bertz CT molecular complexity index is 635. The van der Waals surface area contributed by atoms with Gasteiger partial charge in [-0.2, -0.15) is 0 Å². The molecule has 5 heteroatoms. The van der Waals surface area contributed by atoms with Crippen molar-refractivity contribution in [3.63, 3.8) is 0 Å². The van der Waals surface area contributed by atoms with Gasteiger partial charge < -0.3 is 10.2 Å². The molecule has 1 amide bonds. The molecule has 3 atom stereocenters. The topological polar surface area (TPSA) is 35.6 Å². The van der Waals surface area contributed by atoms with Crippen LogP contribution in [0.15, 0.2) is 24.3 Å². The number of amides is 1. The quantitative estimate of drug-likeness (QED) is 0.901. The molecule has 26 heavy (non-hydrogen) atoms. The minimum atomic E-state index is -0.208. The molecule has 1 N–H and O–H groups in total. The summed E-state index contributed by atoms with van der Waals surface area (Å²) in [5.74, 6) is 0.772. The zero-order chi connectivity index (χ0) is 17.9. The average Bonchev–Trinajstić information content (AvgIpc) is 2.68. The maximum absolute atomic E-state index is 13.7. The number of nitrogens with zero attached hydrogens (tertiary/aromatic N) is 2. The highest BCUT2D eigenvalue weighted by Crippen LogP contribution is 2.35. The first-order valence-electron chi connectivity index (χ1n) is 10.2. The van der Waals surface area contributed by atoms with Crippen molar-refractivity contribution in [2.75, 3.05) is 32.7 Å². The normalized spacial score (nSPS) is 30.0. The van der Waals surface area contributed by atoms with Gasteiger partial charge >= 0.3 is 0 Å². The lowest BCUT2D eigenvalue weighted by atomic mass is 9.78. The fraction of sp³-hybridized carbons (Fsp3) is 0.667. The second kappa shape index (κ2) is 8.05. The summed E-state index contributed by atoms with van der Waals surface area (Å²) in [6, 6.07) is 7.34. The molecule has 4 rings (SSSR count). The van der Waals surface area contributed by atoms with E-state index in [-0.39, 0.29) is 17.8 Å². The summed E-state index contributed by atoms with van der Waals surface area (Å²) in [6.45, 7) is 3.84. The van der Waals surface area contributed by atoms with Gasteiger partial charge in [-0.25, -0.2) is 4.39 Å². The molecule has 3 fully saturated rings. The van der Waals surface area contributed by atoms with Crippen molar-refractivity contribution in [1.29, 1.82) is 0 Å². The average molecular weight is 359 g/mol. The number of nitrogens with one attached hydrogen (secondary N) is 1. The Hall–Kier alpha value is -1.46. The van der Waals surface area contributed by atoms with Crippen molar-refractivity contribution >= 4 is 5.91 Å². The Kier molecular flexibility index (Phi) is 5.55. The minimum absolute atomic E-state index is 0.0651. The summed E-state index contributed by atoms with van der Waals surface area (Å²) in [5.41, 5.74) is 0.958. The number of piperazine rings is 1. The number of hydrogen-bond acceptors (Lipinski definition) is 3. The molecular formula is C21H30FN3O. The molecule has 0 aromatic heterocycles. The highest BCUT2D eigenvalue weighted by Gasteiger charge is 2.37. The molecule has 3 aliphatic rings. The predicted octanol–water partition coefficient (Wildman–Crippen LogP) is 2.95. The van der Waals surface area contributed by atoms with Crippen LogP contribution < -0.4 is 5.32 Å². The van der Waals surface area contributed by atoms with Gasteiger partial charge in [-0.1, -0.05) is 25.0 Å². The fourth-order valence-electron chi connectivity index (χ4n) is 5.18. The Balaban J connectivity index is 1.46. The lowest BCUT2D eigenvalue weighted by Gasteiger charge is -2.45. The molecule has 1 aromatic carbocycles. The number of fused-ring (bicyclic) bond motifs is 1. The molecule has 2 saturated heterocycles. The number of hydrogen-bond donors (Lipinski definition) is 1. The molecule has 4 nitrogen and oxygen atoms in total. The highest BCUT2D eigenvalue weighted by atomic mass is 19.1. The second-order valence-electron chi connectivity index (χ2n) is 8.09. The smallest absolute Gasteiger partial charge is 0.237 e. The van der Waals surface area contributed by atoms with E-state index in [1.165, 1.54) is 38.2 Å². The molecule has 2 heterocycles. The van der Waals surface area contributed by atoms with Crippen LogP contribution in [0.2, 0.25) is 0 Å².